The van der Waals surface area contributed by atoms with E-state index in [2.05, 4.69) is 32.8 Å². The van der Waals surface area contributed by atoms with Crippen molar-refractivity contribution < 1.29 is 14.3 Å². The van der Waals surface area contributed by atoms with E-state index in [4.69, 9.17) is 5.73 Å². The summed E-state index contributed by atoms with van der Waals surface area (Å²) in [5.74, 6) is -1.09. The molecule has 0 radical (unpaired) electrons. The molecule has 1 heterocycles. The number of hydrazine groups is 1. The minimum Gasteiger partial charge on any atom is -0.459 e. The molecule has 0 aliphatic heterocycles. The van der Waals surface area contributed by atoms with Gasteiger partial charge >= 0.3 is 5.97 Å². The van der Waals surface area contributed by atoms with Crippen LogP contribution in [0.15, 0.2) is 11.6 Å². The Kier molecular flexibility index (Phi) is 5.46. The van der Waals surface area contributed by atoms with E-state index < -0.39 is 5.97 Å². The molecule has 0 aliphatic carbocycles. The number of nitrogens with two attached hydrogens (primary N) is 1. The van der Waals surface area contributed by atoms with Crippen molar-refractivity contribution in [3.8, 4) is 0 Å². The van der Waals surface area contributed by atoms with Gasteiger partial charge in [0.2, 0.25) is 0 Å². The Morgan fingerprint density at radius 3 is 2.94 bits per heavy atom. The maximum atomic E-state index is 11.3. The van der Waals surface area contributed by atoms with Crippen LogP contribution in [-0.2, 0) is 9.53 Å². The van der Waals surface area contributed by atoms with E-state index in [0.29, 0.717) is 5.01 Å². The van der Waals surface area contributed by atoms with E-state index >= 15 is 0 Å². The summed E-state index contributed by atoms with van der Waals surface area (Å²) in [7, 11) is 0. The SMILES string of the molecule is NC(=S)C(=O)OCCNNC(=O)c1nccs1. The molecule has 0 aromatic carbocycles. The van der Waals surface area contributed by atoms with Gasteiger partial charge in [-0.15, -0.1) is 11.3 Å². The molecule has 0 saturated heterocycles. The second-order valence-electron chi connectivity index (χ2n) is 2.72. The minimum atomic E-state index is -0.743. The molecule has 92 valence electrons. The summed E-state index contributed by atoms with van der Waals surface area (Å²) in [5.41, 5.74) is 9.99. The largest absolute Gasteiger partial charge is 0.459 e. The summed E-state index contributed by atoms with van der Waals surface area (Å²) in [5, 5.41) is 2.04. The Balaban J connectivity index is 2.11. The molecule has 0 bridgehead atoms. The molecule has 9 heteroatoms. The minimum absolute atomic E-state index is 0.0499. The van der Waals surface area contributed by atoms with Crippen LogP contribution in [0.25, 0.3) is 0 Å². The fraction of sp³-hybridized carbons (Fsp3) is 0.250. The Hall–Kier alpha value is -1.58. The van der Waals surface area contributed by atoms with Gasteiger partial charge < -0.3 is 10.5 Å². The van der Waals surface area contributed by atoms with Gasteiger partial charge in [0, 0.05) is 18.1 Å². The zero-order valence-corrected chi connectivity index (χ0v) is 10.3. The fourth-order valence-electron chi connectivity index (χ4n) is 0.798. The van der Waals surface area contributed by atoms with Crippen molar-refractivity contribution in [2.24, 2.45) is 5.73 Å². The number of nitrogens with one attached hydrogen (secondary N) is 2. The number of hydrogen-bond donors (Lipinski definition) is 3. The third-order valence-electron chi connectivity index (χ3n) is 1.49. The van der Waals surface area contributed by atoms with Crippen molar-refractivity contribution in [1.29, 1.82) is 0 Å². The molecule has 4 N–H and O–H groups in total. The average Bonchev–Trinajstić information content (AvgIpc) is 2.81. The van der Waals surface area contributed by atoms with Gasteiger partial charge in [-0.3, -0.25) is 10.2 Å². The number of nitrogens with zero attached hydrogens (tertiary/aromatic N) is 1. The predicted molar refractivity (Wildman–Crippen MR) is 65.3 cm³/mol. The molecule has 0 spiro atoms. The summed E-state index contributed by atoms with van der Waals surface area (Å²) in [4.78, 5) is 25.6. The number of aromatic nitrogens is 1. The Bertz CT molecular complexity index is 407. The lowest BCUT2D eigenvalue weighted by Gasteiger charge is -2.06. The van der Waals surface area contributed by atoms with Crippen molar-refractivity contribution >= 4 is 40.4 Å². The first kappa shape index (κ1) is 13.5. The molecule has 7 nitrogen and oxygen atoms in total. The molecule has 1 aromatic heterocycles. The second kappa shape index (κ2) is 6.89. The van der Waals surface area contributed by atoms with Gasteiger partial charge in [-0.1, -0.05) is 12.2 Å². The number of hydrogen-bond acceptors (Lipinski definition) is 7. The highest BCUT2D eigenvalue weighted by Gasteiger charge is 2.07. The van der Waals surface area contributed by atoms with Crippen molar-refractivity contribution in [3.63, 3.8) is 0 Å². The number of amides is 1. The third kappa shape index (κ3) is 4.85. The van der Waals surface area contributed by atoms with Crippen LogP contribution in [0.5, 0.6) is 0 Å². The van der Waals surface area contributed by atoms with Gasteiger partial charge in [-0.2, -0.15) is 0 Å². The Morgan fingerprint density at radius 1 is 1.59 bits per heavy atom. The molecular weight excluding hydrogens is 264 g/mol. The van der Waals surface area contributed by atoms with Crippen LogP contribution < -0.4 is 16.6 Å². The molecule has 17 heavy (non-hydrogen) atoms. The standard InChI is InChI=1S/C8H10N4O3S2/c9-5(16)8(14)15-3-1-11-12-6(13)7-10-2-4-17-7/h2,4,11H,1,3H2,(H2,9,16)(H,12,13). The summed E-state index contributed by atoms with van der Waals surface area (Å²) in [6.07, 6.45) is 1.53. The Morgan fingerprint density at radius 2 is 2.35 bits per heavy atom. The molecule has 0 aliphatic rings. The van der Waals surface area contributed by atoms with Crippen molar-refractivity contribution in [2.75, 3.05) is 13.2 Å². The summed E-state index contributed by atoms with van der Waals surface area (Å²) in [6.45, 7) is 0.291. The van der Waals surface area contributed by atoms with Crippen LogP contribution in [0.4, 0.5) is 0 Å². The smallest absolute Gasteiger partial charge is 0.365 e. The van der Waals surface area contributed by atoms with Gasteiger partial charge in [0.05, 0.1) is 0 Å². The summed E-state index contributed by atoms with van der Waals surface area (Å²) in [6, 6.07) is 0. The van der Waals surface area contributed by atoms with Crippen LogP contribution in [0.2, 0.25) is 0 Å². The maximum absolute atomic E-state index is 11.3. The molecular formula is C8H10N4O3S2. The number of carbonyl (C=O) groups excluding carboxylic acids is 2. The maximum Gasteiger partial charge on any atom is 0.365 e. The Labute approximate surface area is 106 Å². The lowest BCUT2D eigenvalue weighted by molar-refractivity contribution is -0.135. The van der Waals surface area contributed by atoms with Gasteiger partial charge in [0.15, 0.2) is 10.00 Å². The first-order chi connectivity index (χ1) is 8.11. The van der Waals surface area contributed by atoms with Crippen molar-refractivity contribution in [3.05, 3.63) is 16.6 Å². The van der Waals surface area contributed by atoms with Gasteiger partial charge in [0.25, 0.3) is 5.91 Å². The lowest BCUT2D eigenvalue weighted by Crippen LogP contribution is -2.40. The highest BCUT2D eigenvalue weighted by Crippen LogP contribution is 2.01. The molecule has 1 amide bonds. The highest BCUT2D eigenvalue weighted by atomic mass is 32.1. The molecule has 1 rings (SSSR count). The average molecular weight is 274 g/mol. The number of rotatable bonds is 5. The third-order valence-corrected chi connectivity index (χ3v) is 2.43. The highest BCUT2D eigenvalue weighted by molar-refractivity contribution is 7.81. The van der Waals surface area contributed by atoms with Crippen LogP contribution in [0.1, 0.15) is 9.80 Å². The topological polar surface area (TPSA) is 106 Å². The lowest BCUT2D eigenvalue weighted by atomic mass is 10.6. The van der Waals surface area contributed by atoms with Crippen LogP contribution in [0.3, 0.4) is 0 Å². The molecule has 0 fully saturated rings. The van der Waals surface area contributed by atoms with Crippen LogP contribution >= 0.6 is 23.6 Å². The number of esters is 1. The van der Waals surface area contributed by atoms with E-state index in [1.807, 2.05) is 0 Å². The van der Waals surface area contributed by atoms with E-state index in [1.165, 1.54) is 17.5 Å². The monoisotopic (exact) mass is 274 g/mol. The molecule has 1 aromatic rings. The first-order valence-electron chi connectivity index (χ1n) is 4.50. The second-order valence-corrected chi connectivity index (χ2v) is 4.05. The van der Waals surface area contributed by atoms with Gasteiger partial charge in [-0.25, -0.2) is 15.2 Å². The van der Waals surface area contributed by atoms with E-state index in [-0.39, 0.29) is 24.0 Å². The van der Waals surface area contributed by atoms with E-state index in [9.17, 15) is 9.59 Å². The summed E-state index contributed by atoms with van der Waals surface area (Å²) < 4.78 is 4.64. The van der Waals surface area contributed by atoms with Crippen molar-refractivity contribution in [2.45, 2.75) is 0 Å². The number of thiazole rings is 1. The number of thiocarbonyl (C=S) groups is 1. The van der Waals surface area contributed by atoms with Crippen LogP contribution in [0, 0.1) is 0 Å². The summed E-state index contributed by atoms with van der Waals surface area (Å²) >= 11 is 5.62. The zero-order valence-electron chi connectivity index (χ0n) is 8.63. The molecule has 0 atom stereocenters. The van der Waals surface area contributed by atoms with Crippen molar-refractivity contribution in [1.82, 2.24) is 15.8 Å². The first-order valence-corrected chi connectivity index (χ1v) is 5.79. The van der Waals surface area contributed by atoms with E-state index in [1.54, 1.807) is 5.38 Å². The number of ether oxygens (including phenoxy) is 1. The molecule has 0 saturated carbocycles. The predicted octanol–water partition coefficient (Wildman–Crippen LogP) is -0.793. The fourth-order valence-corrected chi connectivity index (χ4v) is 1.39. The number of carbonyl (C=O) groups is 2. The van der Waals surface area contributed by atoms with Crippen LogP contribution in [-0.4, -0.2) is 35.0 Å². The normalized spacial score (nSPS) is 9.65. The van der Waals surface area contributed by atoms with E-state index in [0.717, 1.165) is 0 Å². The zero-order chi connectivity index (χ0) is 12.7. The molecule has 0 unspecified atom stereocenters. The van der Waals surface area contributed by atoms with Gasteiger partial charge in [-0.05, 0) is 0 Å². The van der Waals surface area contributed by atoms with Gasteiger partial charge in [0.1, 0.15) is 6.61 Å². The quantitative estimate of drug-likeness (QED) is 0.279.